The van der Waals surface area contributed by atoms with Gasteiger partial charge in [-0.25, -0.2) is 8.78 Å². The molecule has 1 atom stereocenters. The van der Waals surface area contributed by atoms with Crippen LogP contribution in [0.5, 0.6) is 0 Å². The minimum Gasteiger partial charge on any atom is -0.383 e. The average Bonchev–Trinajstić information content (AvgIpc) is 2.27. The van der Waals surface area contributed by atoms with E-state index in [-0.39, 0.29) is 0 Å². The van der Waals surface area contributed by atoms with Crippen LogP contribution in [0.4, 0.5) is 14.5 Å². The maximum absolute atomic E-state index is 13.0. The van der Waals surface area contributed by atoms with Crippen LogP contribution in [0.1, 0.15) is 19.3 Å². The number of nitrogens with one attached hydrogen (secondary N) is 1. The Labute approximate surface area is 101 Å². The van der Waals surface area contributed by atoms with Crippen molar-refractivity contribution in [3.63, 3.8) is 0 Å². The first-order valence-corrected chi connectivity index (χ1v) is 6.05. The second-order valence-electron chi connectivity index (χ2n) is 4.67. The monoisotopic (exact) mass is 240 g/mol. The van der Waals surface area contributed by atoms with E-state index >= 15 is 0 Å². The van der Waals surface area contributed by atoms with Crippen molar-refractivity contribution in [2.75, 3.05) is 25.5 Å². The molecule has 1 fully saturated rings. The smallest absolute Gasteiger partial charge is 0.128 e. The number of hydrogen-bond acceptors (Lipinski definition) is 2. The minimum absolute atomic E-state index is 0.454. The summed E-state index contributed by atoms with van der Waals surface area (Å²) in [6, 6.07) is 3.99. The third-order valence-corrected chi connectivity index (χ3v) is 3.33. The van der Waals surface area contributed by atoms with E-state index in [0.717, 1.165) is 25.6 Å². The lowest BCUT2D eigenvalue weighted by Crippen LogP contribution is -2.40. The summed E-state index contributed by atoms with van der Waals surface area (Å²) in [5, 5.41) is 3.10. The highest BCUT2D eigenvalue weighted by molar-refractivity contribution is 5.43. The topological polar surface area (TPSA) is 15.3 Å². The number of likely N-dealkylation sites (N-methyl/N-ethyl adjacent to an activating group) is 1. The molecule has 0 amide bonds. The molecule has 0 saturated carbocycles. The van der Waals surface area contributed by atoms with Gasteiger partial charge in [0.15, 0.2) is 0 Å². The van der Waals surface area contributed by atoms with Gasteiger partial charge in [-0.2, -0.15) is 0 Å². The Balaban J connectivity index is 1.92. The zero-order valence-electron chi connectivity index (χ0n) is 10.0. The minimum atomic E-state index is -0.538. The quantitative estimate of drug-likeness (QED) is 0.874. The molecule has 4 heteroatoms. The fraction of sp³-hybridized carbons (Fsp3) is 0.538. The second kappa shape index (κ2) is 5.45. The number of hydrogen-bond donors (Lipinski definition) is 1. The maximum Gasteiger partial charge on any atom is 0.128 e. The number of anilines is 1. The summed E-state index contributed by atoms with van der Waals surface area (Å²) in [5.74, 6) is -1.08. The normalized spacial score (nSPS) is 21.5. The molecule has 1 aromatic rings. The highest BCUT2D eigenvalue weighted by atomic mass is 19.1. The number of halogens is 2. The average molecular weight is 240 g/mol. The molecule has 1 aliphatic heterocycles. The van der Waals surface area contributed by atoms with Crippen LogP contribution < -0.4 is 5.32 Å². The van der Waals surface area contributed by atoms with Gasteiger partial charge in [0.2, 0.25) is 0 Å². The fourth-order valence-corrected chi connectivity index (χ4v) is 2.29. The Morgan fingerprint density at radius 1 is 1.24 bits per heavy atom. The van der Waals surface area contributed by atoms with Crippen LogP contribution in [0.3, 0.4) is 0 Å². The molecular formula is C13H18F2N2. The summed E-state index contributed by atoms with van der Waals surface area (Å²) in [7, 11) is 2.09. The predicted molar refractivity (Wildman–Crippen MR) is 65.1 cm³/mol. The van der Waals surface area contributed by atoms with Gasteiger partial charge in [-0.05, 0) is 38.6 Å². The van der Waals surface area contributed by atoms with Gasteiger partial charge in [0.25, 0.3) is 0 Å². The SMILES string of the molecule is CN1CCCCC1CNc1cc(F)cc(F)c1. The number of benzene rings is 1. The van der Waals surface area contributed by atoms with Gasteiger partial charge in [0, 0.05) is 24.3 Å². The van der Waals surface area contributed by atoms with E-state index in [1.807, 2.05) is 0 Å². The Morgan fingerprint density at radius 3 is 2.59 bits per heavy atom. The van der Waals surface area contributed by atoms with Crippen molar-refractivity contribution in [1.29, 1.82) is 0 Å². The number of rotatable bonds is 3. The Morgan fingerprint density at radius 2 is 1.94 bits per heavy atom. The van der Waals surface area contributed by atoms with Crippen molar-refractivity contribution >= 4 is 5.69 Å². The van der Waals surface area contributed by atoms with E-state index in [4.69, 9.17) is 0 Å². The molecule has 2 nitrogen and oxygen atoms in total. The van der Waals surface area contributed by atoms with Crippen molar-refractivity contribution in [3.05, 3.63) is 29.8 Å². The summed E-state index contributed by atoms with van der Waals surface area (Å²) in [5.41, 5.74) is 0.515. The molecule has 2 rings (SSSR count). The highest BCUT2D eigenvalue weighted by Crippen LogP contribution is 2.17. The lowest BCUT2D eigenvalue weighted by Gasteiger charge is -2.32. The van der Waals surface area contributed by atoms with Gasteiger partial charge in [-0.1, -0.05) is 6.42 Å². The Kier molecular flexibility index (Phi) is 3.94. The molecule has 1 aromatic carbocycles. The first-order chi connectivity index (χ1) is 8.15. The second-order valence-corrected chi connectivity index (χ2v) is 4.67. The van der Waals surface area contributed by atoms with Crippen molar-refractivity contribution < 1.29 is 8.78 Å². The molecule has 0 radical (unpaired) electrons. The number of likely N-dealkylation sites (tertiary alicyclic amines) is 1. The first kappa shape index (κ1) is 12.3. The largest absolute Gasteiger partial charge is 0.383 e. The Bertz CT molecular complexity index is 361. The summed E-state index contributed by atoms with van der Waals surface area (Å²) in [6.07, 6.45) is 3.61. The van der Waals surface area contributed by atoms with Crippen LogP contribution in [-0.4, -0.2) is 31.1 Å². The predicted octanol–water partition coefficient (Wildman–Crippen LogP) is 2.86. The third kappa shape index (κ3) is 3.40. The van der Waals surface area contributed by atoms with Crippen molar-refractivity contribution in [2.24, 2.45) is 0 Å². The van der Waals surface area contributed by atoms with Crippen molar-refractivity contribution in [3.8, 4) is 0 Å². The lowest BCUT2D eigenvalue weighted by atomic mass is 10.0. The molecular weight excluding hydrogens is 222 g/mol. The van der Waals surface area contributed by atoms with E-state index in [2.05, 4.69) is 17.3 Å². The van der Waals surface area contributed by atoms with Crippen LogP contribution in [0, 0.1) is 11.6 Å². The molecule has 1 unspecified atom stereocenters. The maximum atomic E-state index is 13.0. The van der Waals surface area contributed by atoms with Crippen LogP contribution in [0.15, 0.2) is 18.2 Å². The van der Waals surface area contributed by atoms with Gasteiger partial charge in [0.05, 0.1) is 0 Å². The molecule has 1 aliphatic rings. The highest BCUT2D eigenvalue weighted by Gasteiger charge is 2.18. The standard InChI is InChI=1S/C13H18F2N2/c1-17-5-3-2-4-13(17)9-16-12-7-10(14)6-11(15)8-12/h6-8,13,16H,2-5,9H2,1H3. The molecule has 0 spiro atoms. The third-order valence-electron chi connectivity index (χ3n) is 3.33. The fourth-order valence-electron chi connectivity index (χ4n) is 2.29. The molecule has 0 aromatic heterocycles. The molecule has 94 valence electrons. The van der Waals surface area contributed by atoms with Gasteiger partial charge >= 0.3 is 0 Å². The number of nitrogens with zero attached hydrogens (tertiary/aromatic N) is 1. The van der Waals surface area contributed by atoms with E-state index in [9.17, 15) is 8.78 Å². The van der Waals surface area contributed by atoms with E-state index in [1.165, 1.54) is 25.0 Å². The van der Waals surface area contributed by atoms with Gasteiger partial charge in [-0.15, -0.1) is 0 Å². The Hall–Kier alpha value is -1.16. The van der Waals surface area contributed by atoms with Gasteiger partial charge in [-0.3, -0.25) is 0 Å². The molecule has 1 heterocycles. The zero-order valence-corrected chi connectivity index (χ0v) is 10.0. The van der Waals surface area contributed by atoms with Crippen molar-refractivity contribution in [1.82, 2.24) is 4.90 Å². The van der Waals surface area contributed by atoms with E-state index in [1.54, 1.807) is 0 Å². The van der Waals surface area contributed by atoms with Crippen molar-refractivity contribution in [2.45, 2.75) is 25.3 Å². The molecule has 17 heavy (non-hydrogen) atoms. The van der Waals surface area contributed by atoms with Crippen LogP contribution in [-0.2, 0) is 0 Å². The van der Waals surface area contributed by atoms with E-state index < -0.39 is 11.6 Å². The summed E-state index contributed by atoms with van der Waals surface area (Å²) >= 11 is 0. The van der Waals surface area contributed by atoms with Crippen LogP contribution >= 0.6 is 0 Å². The molecule has 0 aliphatic carbocycles. The molecule has 1 N–H and O–H groups in total. The van der Waals surface area contributed by atoms with Crippen LogP contribution in [0.25, 0.3) is 0 Å². The summed E-state index contributed by atoms with van der Waals surface area (Å²) in [6.45, 7) is 1.84. The zero-order chi connectivity index (χ0) is 12.3. The van der Waals surface area contributed by atoms with Gasteiger partial charge in [0.1, 0.15) is 11.6 Å². The molecule has 0 bridgehead atoms. The summed E-state index contributed by atoms with van der Waals surface area (Å²) < 4.78 is 26.0. The lowest BCUT2D eigenvalue weighted by molar-refractivity contribution is 0.194. The van der Waals surface area contributed by atoms with E-state index in [0.29, 0.717) is 11.7 Å². The molecule has 1 saturated heterocycles. The van der Waals surface area contributed by atoms with Gasteiger partial charge < -0.3 is 10.2 Å². The first-order valence-electron chi connectivity index (χ1n) is 6.05. The summed E-state index contributed by atoms with van der Waals surface area (Å²) in [4.78, 5) is 2.30. The van der Waals surface area contributed by atoms with Crippen LogP contribution in [0.2, 0.25) is 0 Å². The number of piperidine rings is 1.